The highest BCUT2D eigenvalue weighted by molar-refractivity contribution is 6.30. The minimum absolute atomic E-state index is 0.480. The summed E-state index contributed by atoms with van der Waals surface area (Å²) in [6.07, 6.45) is -2.24. The van der Waals surface area contributed by atoms with Crippen molar-refractivity contribution in [1.29, 1.82) is 0 Å². The Morgan fingerprint density at radius 2 is 1.83 bits per heavy atom. The van der Waals surface area contributed by atoms with Crippen molar-refractivity contribution in [3.05, 3.63) is 29.3 Å². The van der Waals surface area contributed by atoms with Gasteiger partial charge in [0.25, 0.3) is 5.91 Å². The lowest BCUT2D eigenvalue weighted by molar-refractivity contribution is -0.160. The van der Waals surface area contributed by atoms with Gasteiger partial charge in [0, 0.05) is 10.7 Å². The quantitative estimate of drug-likeness (QED) is 0.816. The van der Waals surface area contributed by atoms with Gasteiger partial charge in [-0.3, -0.25) is 4.79 Å². The minimum atomic E-state index is -1.25. The van der Waals surface area contributed by atoms with Gasteiger partial charge < -0.3 is 15.2 Å². The molecule has 1 rings (SSSR count). The number of ether oxygens (including phenoxy) is 1. The molecule has 0 aliphatic heterocycles. The van der Waals surface area contributed by atoms with Gasteiger partial charge in [-0.15, -0.1) is 0 Å². The molecule has 0 spiro atoms. The number of aliphatic hydroxyl groups excluding tert-OH is 1. The van der Waals surface area contributed by atoms with Gasteiger partial charge in [0.15, 0.2) is 6.10 Å². The number of carbonyl (C=O) groups excluding carboxylic acids is 2. The van der Waals surface area contributed by atoms with E-state index in [0.717, 1.165) is 0 Å². The van der Waals surface area contributed by atoms with E-state index in [-0.39, 0.29) is 0 Å². The summed E-state index contributed by atoms with van der Waals surface area (Å²) in [5, 5.41) is 12.1. The van der Waals surface area contributed by atoms with Gasteiger partial charge in [-0.2, -0.15) is 0 Å². The first-order valence-electron chi connectivity index (χ1n) is 5.35. The van der Waals surface area contributed by atoms with Gasteiger partial charge in [-0.05, 0) is 38.1 Å². The van der Waals surface area contributed by atoms with Crippen molar-refractivity contribution in [1.82, 2.24) is 0 Å². The Morgan fingerprint density at radius 3 is 2.33 bits per heavy atom. The first kappa shape index (κ1) is 14.5. The van der Waals surface area contributed by atoms with Gasteiger partial charge >= 0.3 is 5.97 Å². The van der Waals surface area contributed by atoms with Crippen molar-refractivity contribution < 1.29 is 19.4 Å². The average molecular weight is 272 g/mol. The molecule has 0 fully saturated rings. The van der Waals surface area contributed by atoms with Crippen molar-refractivity contribution in [2.45, 2.75) is 26.1 Å². The van der Waals surface area contributed by atoms with Crippen LogP contribution in [0.1, 0.15) is 13.8 Å². The predicted octanol–water partition coefficient (Wildman–Crippen LogP) is 1.59. The van der Waals surface area contributed by atoms with E-state index in [0.29, 0.717) is 10.7 Å². The van der Waals surface area contributed by atoms with Gasteiger partial charge in [0.05, 0.1) is 0 Å². The summed E-state index contributed by atoms with van der Waals surface area (Å²) in [6.45, 7) is 2.69. The molecule has 0 aromatic heterocycles. The summed E-state index contributed by atoms with van der Waals surface area (Å²) in [7, 11) is 0. The molecule has 0 radical (unpaired) electrons. The van der Waals surface area contributed by atoms with E-state index in [2.05, 4.69) is 5.32 Å². The Hall–Kier alpha value is -1.59. The van der Waals surface area contributed by atoms with Crippen LogP contribution in [0.15, 0.2) is 24.3 Å². The molecule has 18 heavy (non-hydrogen) atoms. The predicted molar refractivity (Wildman–Crippen MR) is 67.3 cm³/mol. The maximum Gasteiger partial charge on any atom is 0.335 e. The topological polar surface area (TPSA) is 75.6 Å². The molecular formula is C12H14ClNO4. The lowest BCUT2D eigenvalue weighted by Gasteiger charge is -2.14. The number of benzene rings is 1. The summed E-state index contributed by atoms with van der Waals surface area (Å²) >= 11 is 5.70. The second kappa shape index (κ2) is 6.37. The highest BCUT2D eigenvalue weighted by Crippen LogP contribution is 2.13. The molecule has 6 heteroatoms. The molecule has 1 amide bonds. The van der Waals surface area contributed by atoms with Crippen LogP contribution in [0, 0.1) is 0 Å². The van der Waals surface area contributed by atoms with Crippen LogP contribution in [0.25, 0.3) is 0 Å². The lowest BCUT2D eigenvalue weighted by Crippen LogP contribution is -2.33. The molecule has 1 aromatic carbocycles. The van der Waals surface area contributed by atoms with E-state index in [9.17, 15) is 9.59 Å². The van der Waals surface area contributed by atoms with Gasteiger partial charge in [0.2, 0.25) is 0 Å². The second-order valence-electron chi connectivity index (χ2n) is 3.75. The van der Waals surface area contributed by atoms with Gasteiger partial charge in [0.1, 0.15) is 6.10 Å². The molecule has 1 aromatic rings. The zero-order valence-corrected chi connectivity index (χ0v) is 10.8. The highest BCUT2D eigenvalue weighted by atomic mass is 35.5. The Bertz CT molecular complexity index is 430. The number of rotatable bonds is 4. The Balaban J connectivity index is 2.54. The molecule has 0 heterocycles. The zero-order valence-electron chi connectivity index (χ0n) is 10.0. The number of anilines is 1. The number of amides is 1. The number of esters is 1. The van der Waals surface area contributed by atoms with Crippen LogP contribution in [-0.4, -0.2) is 29.2 Å². The number of hydrogen-bond donors (Lipinski definition) is 2. The summed E-state index contributed by atoms with van der Waals surface area (Å²) < 4.78 is 4.74. The maximum absolute atomic E-state index is 11.7. The summed E-state index contributed by atoms with van der Waals surface area (Å²) in [4.78, 5) is 22.7. The van der Waals surface area contributed by atoms with Crippen LogP contribution in [0.4, 0.5) is 5.69 Å². The van der Waals surface area contributed by atoms with E-state index >= 15 is 0 Å². The normalized spacial score (nSPS) is 13.6. The number of carbonyl (C=O) groups is 2. The van der Waals surface area contributed by atoms with Crippen molar-refractivity contribution >= 4 is 29.2 Å². The summed E-state index contributed by atoms with van der Waals surface area (Å²) in [6, 6.07) is 6.51. The minimum Gasteiger partial charge on any atom is -0.451 e. The van der Waals surface area contributed by atoms with Crippen molar-refractivity contribution in [2.75, 3.05) is 5.32 Å². The van der Waals surface area contributed by atoms with E-state index in [1.165, 1.54) is 13.8 Å². The van der Waals surface area contributed by atoms with E-state index < -0.39 is 24.1 Å². The van der Waals surface area contributed by atoms with Crippen molar-refractivity contribution in [2.24, 2.45) is 0 Å². The molecule has 0 unspecified atom stereocenters. The first-order chi connectivity index (χ1) is 8.40. The highest BCUT2D eigenvalue weighted by Gasteiger charge is 2.20. The van der Waals surface area contributed by atoms with Crippen LogP contribution in [0.5, 0.6) is 0 Å². The van der Waals surface area contributed by atoms with Crippen LogP contribution in [0.2, 0.25) is 5.02 Å². The Labute approximate surface area is 110 Å². The monoisotopic (exact) mass is 271 g/mol. The maximum atomic E-state index is 11.7. The van der Waals surface area contributed by atoms with Gasteiger partial charge in [-0.1, -0.05) is 11.6 Å². The second-order valence-corrected chi connectivity index (χ2v) is 4.19. The summed E-state index contributed by atoms with van der Waals surface area (Å²) in [5.41, 5.74) is 0.546. The van der Waals surface area contributed by atoms with Gasteiger partial charge in [-0.25, -0.2) is 4.79 Å². The van der Waals surface area contributed by atoms with Crippen molar-refractivity contribution in [3.63, 3.8) is 0 Å². The third kappa shape index (κ3) is 4.35. The molecule has 0 aliphatic carbocycles. The average Bonchev–Trinajstić information content (AvgIpc) is 2.31. The smallest absolute Gasteiger partial charge is 0.335 e. The molecule has 0 bridgehead atoms. The molecule has 2 N–H and O–H groups in total. The fourth-order valence-electron chi connectivity index (χ4n) is 1.10. The third-order valence-electron chi connectivity index (χ3n) is 2.12. The molecule has 2 atom stereocenters. The number of halogens is 1. The molecule has 0 aliphatic rings. The molecular weight excluding hydrogens is 258 g/mol. The SMILES string of the molecule is C[C@H](O)C(=O)O[C@@H](C)C(=O)Nc1ccc(Cl)cc1. The lowest BCUT2D eigenvalue weighted by atomic mass is 10.3. The molecule has 0 saturated heterocycles. The Morgan fingerprint density at radius 1 is 1.28 bits per heavy atom. The van der Waals surface area contributed by atoms with E-state index in [1.54, 1.807) is 24.3 Å². The number of nitrogens with one attached hydrogen (secondary N) is 1. The zero-order chi connectivity index (χ0) is 13.7. The van der Waals surface area contributed by atoms with Crippen molar-refractivity contribution in [3.8, 4) is 0 Å². The van der Waals surface area contributed by atoms with E-state index in [1.807, 2.05) is 0 Å². The fourth-order valence-corrected chi connectivity index (χ4v) is 1.23. The van der Waals surface area contributed by atoms with Crippen LogP contribution in [0.3, 0.4) is 0 Å². The standard InChI is InChI=1S/C12H14ClNO4/c1-7(15)12(17)18-8(2)11(16)14-10-5-3-9(13)4-6-10/h3-8,15H,1-2H3,(H,14,16)/t7-,8-/m0/s1. The fraction of sp³-hybridized carbons (Fsp3) is 0.333. The summed E-state index contributed by atoms with van der Waals surface area (Å²) in [5.74, 6) is -1.32. The first-order valence-corrected chi connectivity index (χ1v) is 5.73. The van der Waals surface area contributed by atoms with Crippen LogP contribution < -0.4 is 5.32 Å². The van der Waals surface area contributed by atoms with Crippen LogP contribution in [-0.2, 0) is 14.3 Å². The largest absolute Gasteiger partial charge is 0.451 e. The van der Waals surface area contributed by atoms with E-state index in [4.69, 9.17) is 21.4 Å². The number of aliphatic hydroxyl groups is 1. The molecule has 98 valence electrons. The molecule has 0 saturated carbocycles. The Kier molecular flexibility index (Phi) is 5.12. The third-order valence-corrected chi connectivity index (χ3v) is 2.37. The number of hydrogen-bond acceptors (Lipinski definition) is 4. The van der Waals surface area contributed by atoms with Crippen LogP contribution >= 0.6 is 11.6 Å². The molecule has 5 nitrogen and oxygen atoms in total.